The summed E-state index contributed by atoms with van der Waals surface area (Å²) < 4.78 is 11.4. The Labute approximate surface area is 152 Å². The number of carbonyl (C=O) groups is 2. The average Bonchev–Trinajstić information content (AvgIpc) is 3.29. The highest BCUT2D eigenvalue weighted by molar-refractivity contribution is 6.06. The number of amides is 2. The van der Waals surface area contributed by atoms with E-state index < -0.39 is 6.10 Å². The third kappa shape index (κ3) is 2.98. The molecule has 6 nitrogen and oxygen atoms in total. The van der Waals surface area contributed by atoms with E-state index in [0.29, 0.717) is 31.0 Å². The van der Waals surface area contributed by atoms with Crippen LogP contribution in [0, 0.1) is 12.8 Å². The normalized spacial score (nSPS) is 24.3. The van der Waals surface area contributed by atoms with Crippen LogP contribution in [0.5, 0.6) is 0 Å². The second-order valence-electron chi connectivity index (χ2n) is 7.37. The summed E-state index contributed by atoms with van der Waals surface area (Å²) in [6, 6.07) is 5.86. The molecule has 0 unspecified atom stereocenters. The van der Waals surface area contributed by atoms with Crippen LogP contribution in [0.25, 0.3) is 11.0 Å². The Morgan fingerprint density at radius 3 is 2.62 bits per heavy atom. The minimum atomic E-state index is -0.444. The number of ether oxygens (including phenoxy) is 1. The predicted molar refractivity (Wildman–Crippen MR) is 96.7 cm³/mol. The zero-order valence-corrected chi connectivity index (χ0v) is 14.9. The van der Waals surface area contributed by atoms with Crippen molar-refractivity contribution in [2.24, 2.45) is 11.7 Å². The molecule has 1 aromatic heterocycles. The number of benzene rings is 1. The van der Waals surface area contributed by atoms with E-state index in [4.69, 9.17) is 14.9 Å². The van der Waals surface area contributed by atoms with E-state index in [1.807, 2.05) is 30.0 Å². The summed E-state index contributed by atoms with van der Waals surface area (Å²) in [6.07, 6.45) is 4.57. The van der Waals surface area contributed by atoms with Crippen molar-refractivity contribution in [2.75, 3.05) is 13.1 Å². The average molecular weight is 356 g/mol. The smallest absolute Gasteiger partial charge is 0.257 e. The first-order chi connectivity index (χ1) is 12.5. The second-order valence-corrected chi connectivity index (χ2v) is 7.37. The monoisotopic (exact) mass is 356 g/mol. The Morgan fingerprint density at radius 2 is 1.92 bits per heavy atom. The lowest BCUT2D eigenvalue weighted by atomic mass is 9.89. The van der Waals surface area contributed by atoms with Crippen LogP contribution < -0.4 is 5.73 Å². The Balaban J connectivity index is 1.41. The fraction of sp³-hybridized carbons (Fsp3) is 0.500. The number of hydrogen-bond donors (Lipinski definition) is 1. The topological polar surface area (TPSA) is 85.8 Å². The van der Waals surface area contributed by atoms with Crippen LogP contribution in [-0.4, -0.2) is 42.0 Å². The number of piperidine rings is 1. The lowest BCUT2D eigenvalue weighted by molar-refractivity contribution is -0.130. The third-order valence-corrected chi connectivity index (χ3v) is 5.75. The van der Waals surface area contributed by atoms with Crippen molar-refractivity contribution in [1.29, 1.82) is 0 Å². The summed E-state index contributed by atoms with van der Waals surface area (Å²) >= 11 is 0. The Morgan fingerprint density at radius 1 is 1.15 bits per heavy atom. The predicted octanol–water partition coefficient (Wildman–Crippen LogP) is 2.63. The van der Waals surface area contributed by atoms with E-state index in [-0.39, 0.29) is 17.9 Å². The molecule has 4 rings (SSSR count). The molecule has 0 aliphatic carbocycles. The molecule has 2 fully saturated rings. The standard InChI is InChI=1S/C20H24N2O4/c1-12-3-2-4-14-15(11-25-18(12)14)20(24)22-9-7-13(8-10-22)16-5-6-17(26-16)19(21)23/h2-4,11,13,16-17H,5-10H2,1H3,(H2,21,23)/t16-,17+/m0/s1. The minimum absolute atomic E-state index is 0.0233. The largest absolute Gasteiger partial charge is 0.463 e. The minimum Gasteiger partial charge on any atom is -0.463 e. The Hall–Kier alpha value is -2.34. The molecule has 0 spiro atoms. The van der Waals surface area contributed by atoms with E-state index in [1.165, 1.54) is 0 Å². The summed E-state index contributed by atoms with van der Waals surface area (Å²) in [5, 5.41) is 0.876. The van der Waals surface area contributed by atoms with Crippen molar-refractivity contribution < 1.29 is 18.7 Å². The lowest BCUT2D eigenvalue weighted by Gasteiger charge is -2.34. The summed E-state index contributed by atoms with van der Waals surface area (Å²) in [5.41, 5.74) is 7.78. The van der Waals surface area contributed by atoms with Gasteiger partial charge in [-0.25, -0.2) is 0 Å². The molecule has 3 heterocycles. The van der Waals surface area contributed by atoms with E-state index in [9.17, 15) is 9.59 Å². The fourth-order valence-corrected chi connectivity index (χ4v) is 4.23. The molecule has 0 saturated carbocycles. The highest BCUT2D eigenvalue weighted by atomic mass is 16.5. The van der Waals surface area contributed by atoms with Crippen molar-refractivity contribution in [2.45, 2.75) is 44.8 Å². The summed E-state index contributed by atoms with van der Waals surface area (Å²) in [5.74, 6) is 0.0316. The van der Waals surface area contributed by atoms with Crippen LogP contribution in [0.15, 0.2) is 28.9 Å². The quantitative estimate of drug-likeness (QED) is 0.916. The van der Waals surface area contributed by atoms with Gasteiger partial charge in [-0.15, -0.1) is 0 Å². The van der Waals surface area contributed by atoms with Gasteiger partial charge in [0.15, 0.2) is 0 Å². The molecular formula is C20H24N2O4. The van der Waals surface area contributed by atoms with E-state index in [2.05, 4.69) is 0 Å². The van der Waals surface area contributed by atoms with Crippen LogP contribution in [0.1, 0.15) is 41.6 Å². The maximum atomic E-state index is 12.9. The first kappa shape index (κ1) is 17.1. The Kier molecular flexibility index (Phi) is 4.44. The molecule has 2 amide bonds. The van der Waals surface area contributed by atoms with Gasteiger partial charge in [-0.3, -0.25) is 9.59 Å². The zero-order valence-electron chi connectivity index (χ0n) is 14.9. The Bertz CT molecular complexity index is 835. The number of primary amides is 1. The molecule has 2 saturated heterocycles. The van der Waals surface area contributed by atoms with Crippen molar-refractivity contribution in [1.82, 2.24) is 4.90 Å². The van der Waals surface area contributed by atoms with Gasteiger partial charge in [0, 0.05) is 18.5 Å². The number of fused-ring (bicyclic) bond motifs is 1. The number of rotatable bonds is 3. The van der Waals surface area contributed by atoms with E-state index in [0.717, 1.165) is 35.8 Å². The highest BCUT2D eigenvalue weighted by Crippen LogP contribution is 2.33. The van der Waals surface area contributed by atoms with Gasteiger partial charge in [0.05, 0.1) is 11.7 Å². The van der Waals surface area contributed by atoms with E-state index in [1.54, 1.807) is 6.26 Å². The molecule has 0 bridgehead atoms. The van der Waals surface area contributed by atoms with Gasteiger partial charge in [0.1, 0.15) is 18.0 Å². The van der Waals surface area contributed by atoms with Crippen LogP contribution in [0.3, 0.4) is 0 Å². The van der Waals surface area contributed by atoms with Crippen molar-refractivity contribution in [3.8, 4) is 0 Å². The van der Waals surface area contributed by atoms with Crippen molar-refractivity contribution >= 4 is 22.8 Å². The van der Waals surface area contributed by atoms with Gasteiger partial charge in [-0.05, 0) is 44.1 Å². The molecule has 2 atom stereocenters. The number of nitrogens with two attached hydrogens (primary N) is 1. The summed E-state index contributed by atoms with van der Waals surface area (Å²) in [6.45, 7) is 3.37. The third-order valence-electron chi connectivity index (χ3n) is 5.75. The molecule has 6 heteroatoms. The van der Waals surface area contributed by atoms with Gasteiger partial charge >= 0.3 is 0 Å². The van der Waals surface area contributed by atoms with Gasteiger partial charge in [0.25, 0.3) is 5.91 Å². The van der Waals surface area contributed by atoms with Crippen LogP contribution in [-0.2, 0) is 9.53 Å². The number of carbonyl (C=O) groups excluding carboxylic acids is 2. The number of aryl methyl sites for hydroxylation is 1. The summed E-state index contributed by atoms with van der Waals surface area (Å²) in [4.78, 5) is 26.1. The van der Waals surface area contributed by atoms with Crippen molar-refractivity contribution in [3.63, 3.8) is 0 Å². The fourth-order valence-electron chi connectivity index (χ4n) is 4.23. The SMILES string of the molecule is Cc1cccc2c(C(=O)N3CCC([C@@H]4CC[C@H](C(N)=O)O4)CC3)coc12. The molecule has 26 heavy (non-hydrogen) atoms. The second kappa shape index (κ2) is 6.76. The van der Waals surface area contributed by atoms with Crippen molar-refractivity contribution in [3.05, 3.63) is 35.6 Å². The molecule has 2 N–H and O–H groups in total. The zero-order chi connectivity index (χ0) is 18.3. The molecule has 138 valence electrons. The van der Waals surface area contributed by atoms with Gasteiger partial charge in [0.2, 0.25) is 5.91 Å². The van der Waals surface area contributed by atoms with Crippen LogP contribution >= 0.6 is 0 Å². The number of nitrogens with zero attached hydrogens (tertiary/aromatic N) is 1. The molecule has 2 aliphatic heterocycles. The van der Waals surface area contributed by atoms with Gasteiger partial charge < -0.3 is 19.8 Å². The van der Waals surface area contributed by atoms with Crippen LogP contribution in [0.2, 0.25) is 0 Å². The molecule has 2 aliphatic rings. The molecule has 2 aromatic rings. The number of likely N-dealkylation sites (tertiary alicyclic amines) is 1. The van der Waals surface area contributed by atoms with E-state index >= 15 is 0 Å². The van der Waals surface area contributed by atoms with Gasteiger partial charge in [-0.1, -0.05) is 18.2 Å². The molecule has 0 radical (unpaired) electrons. The number of furan rings is 1. The van der Waals surface area contributed by atoms with Gasteiger partial charge in [-0.2, -0.15) is 0 Å². The maximum absolute atomic E-state index is 12.9. The maximum Gasteiger partial charge on any atom is 0.257 e. The first-order valence-electron chi connectivity index (χ1n) is 9.25. The van der Waals surface area contributed by atoms with Crippen LogP contribution in [0.4, 0.5) is 0 Å². The number of para-hydroxylation sites is 1. The lowest BCUT2D eigenvalue weighted by Crippen LogP contribution is -2.41. The molecule has 1 aromatic carbocycles. The number of hydrogen-bond acceptors (Lipinski definition) is 4. The summed E-state index contributed by atoms with van der Waals surface area (Å²) in [7, 11) is 0. The first-order valence-corrected chi connectivity index (χ1v) is 9.25. The molecular weight excluding hydrogens is 332 g/mol. The highest BCUT2D eigenvalue weighted by Gasteiger charge is 2.36.